The van der Waals surface area contributed by atoms with Gasteiger partial charge in [-0.3, -0.25) is 9.59 Å². The van der Waals surface area contributed by atoms with E-state index in [9.17, 15) is 9.59 Å². The second-order valence-corrected chi connectivity index (χ2v) is 7.86. The van der Waals surface area contributed by atoms with E-state index in [1.54, 1.807) is 36.4 Å². The smallest absolute Gasteiger partial charge is 0.255 e. The van der Waals surface area contributed by atoms with E-state index in [-0.39, 0.29) is 18.2 Å². The summed E-state index contributed by atoms with van der Waals surface area (Å²) in [5, 5.41) is 5.72. The maximum Gasteiger partial charge on any atom is 0.255 e. The van der Waals surface area contributed by atoms with Crippen molar-refractivity contribution in [3.8, 4) is 22.6 Å². The molecule has 0 saturated heterocycles. The third-order valence-electron chi connectivity index (χ3n) is 5.51. The second-order valence-electron chi connectivity index (χ2n) is 7.86. The number of ether oxygens (including phenoxy) is 2. The number of carbonyl (C=O) groups excluding carboxylic acids is 2. The Balaban J connectivity index is 1.47. The Morgan fingerprint density at radius 2 is 1.17 bits per heavy atom. The van der Waals surface area contributed by atoms with Crippen molar-refractivity contribution in [1.82, 2.24) is 0 Å². The van der Waals surface area contributed by atoms with Gasteiger partial charge in [-0.2, -0.15) is 0 Å². The number of rotatable bonds is 8. The van der Waals surface area contributed by atoms with Crippen molar-refractivity contribution in [2.24, 2.45) is 0 Å². The van der Waals surface area contributed by atoms with Crippen LogP contribution in [0.1, 0.15) is 15.9 Å². The molecule has 0 saturated carbocycles. The van der Waals surface area contributed by atoms with Crippen LogP contribution in [0.2, 0.25) is 0 Å². The predicted molar refractivity (Wildman–Crippen MR) is 138 cm³/mol. The molecule has 0 aromatic heterocycles. The van der Waals surface area contributed by atoms with Crippen LogP contribution < -0.4 is 20.1 Å². The molecule has 0 atom stereocenters. The van der Waals surface area contributed by atoms with Gasteiger partial charge in [0.15, 0.2) is 0 Å². The molecule has 0 radical (unpaired) electrons. The van der Waals surface area contributed by atoms with E-state index in [1.165, 1.54) is 14.2 Å². The topological polar surface area (TPSA) is 76.7 Å². The van der Waals surface area contributed by atoms with Crippen LogP contribution in [0.15, 0.2) is 97.1 Å². The Morgan fingerprint density at radius 3 is 1.74 bits per heavy atom. The van der Waals surface area contributed by atoms with E-state index in [0.717, 1.165) is 16.7 Å². The van der Waals surface area contributed by atoms with Crippen LogP contribution in [0.4, 0.5) is 11.4 Å². The van der Waals surface area contributed by atoms with E-state index < -0.39 is 0 Å². The van der Waals surface area contributed by atoms with Crippen molar-refractivity contribution in [2.75, 3.05) is 24.9 Å². The fraction of sp³-hybridized carbons (Fsp3) is 0.103. The molecule has 0 aliphatic carbocycles. The Morgan fingerprint density at radius 1 is 0.657 bits per heavy atom. The minimum absolute atomic E-state index is 0.195. The third-order valence-corrected chi connectivity index (χ3v) is 5.51. The summed E-state index contributed by atoms with van der Waals surface area (Å²) in [5.41, 5.74) is 4.51. The van der Waals surface area contributed by atoms with Gasteiger partial charge in [-0.15, -0.1) is 0 Å². The van der Waals surface area contributed by atoms with Crippen LogP contribution in [0, 0.1) is 0 Å². The van der Waals surface area contributed by atoms with Gasteiger partial charge in [0.2, 0.25) is 5.91 Å². The SMILES string of the molecule is COc1cc(NC(=O)c2ccccc2)c(OC)cc1NC(=O)Cc1ccc(-c2ccccc2)cc1. The minimum atomic E-state index is -0.276. The lowest BCUT2D eigenvalue weighted by Gasteiger charge is -2.16. The molecule has 0 spiro atoms. The monoisotopic (exact) mass is 466 g/mol. The third kappa shape index (κ3) is 5.86. The van der Waals surface area contributed by atoms with Gasteiger partial charge in [0, 0.05) is 17.7 Å². The molecule has 6 nitrogen and oxygen atoms in total. The summed E-state index contributed by atoms with van der Waals surface area (Å²) in [5.74, 6) is 0.333. The quantitative estimate of drug-likeness (QED) is 0.344. The number of anilines is 2. The highest BCUT2D eigenvalue weighted by atomic mass is 16.5. The van der Waals surface area contributed by atoms with Crippen LogP contribution >= 0.6 is 0 Å². The minimum Gasteiger partial charge on any atom is -0.494 e. The molecule has 0 aliphatic rings. The Bertz CT molecular complexity index is 1300. The molecule has 4 rings (SSSR count). The van der Waals surface area contributed by atoms with Crippen LogP contribution in [0.25, 0.3) is 11.1 Å². The second kappa shape index (κ2) is 11.0. The molecule has 0 aliphatic heterocycles. The Labute approximate surface area is 204 Å². The van der Waals surface area contributed by atoms with Crippen molar-refractivity contribution >= 4 is 23.2 Å². The Hall–Kier alpha value is -4.58. The number of nitrogens with one attached hydrogen (secondary N) is 2. The van der Waals surface area contributed by atoms with E-state index in [4.69, 9.17) is 9.47 Å². The molecule has 2 N–H and O–H groups in total. The van der Waals surface area contributed by atoms with Gasteiger partial charge in [-0.25, -0.2) is 0 Å². The first-order valence-electron chi connectivity index (χ1n) is 11.1. The lowest BCUT2D eigenvalue weighted by molar-refractivity contribution is -0.115. The average molecular weight is 467 g/mol. The molecule has 0 bridgehead atoms. The zero-order chi connectivity index (χ0) is 24.6. The molecule has 176 valence electrons. The molecule has 2 amide bonds. The van der Waals surface area contributed by atoms with E-state index in [2.05, 4.69) is 10.6 Å². The number of methoxy groups -OCH3 is 2. The number of hydrogen-bond donors (Lipinski definition) is 2. The largest absolute Gasteiger partial charge is 0.494 e. The fourth-order valence-electron chi connectivity index (χ4n) is 3.70. The van der Waals surface area contributed by atoms with Crippen LogP contribution in [-0.2, 0) is 11.2 Å². The van der Waals surface area contributed by atoms with Gasteiger partial charge in [0.1, 0.15) is 11.5 Å². The first-order valence-corrected chi connectivity index (χ1v) is 11.1. The van der Waals surface area contributed by atoms with E-state index in [0.29, 0.717) is 28.4 Å². The van der Waals surface area contributed by atoms with Crippen molar-refractivity contribution < 1.29 is 19.1 Å². The first kappa shape index (κ1) is 23.6. The molecular weight excluding hydrogens is 440 g/mol. The van der Waals surface area contributed by atoms with Crippen molar-refractivity contribution in [1.29, 1.82) is 0 Å². The first-order chi connectivity index (χ1) is 17.1. The molecule has 6 heteroatoms. The maximum absolute atomic E-state index is 12.8. The van der Waals surface area contributed by atoms with Gasteiger partial charge in [0.25, 0.3) is 5.91 Å². The molecular formula is C29H26N2O4. The number of hydrogen-bond acceptors (Lipinski definition) is 4. The highest BCUT2D eigenvalue weighted by molar-refractivity contribution is 6.05. The summed E-state index contributed by atoms with van der Waals surface area (Å²) in [6.45, 7) is 0. The molecule has 0 heterocycles. The Kier molecular flexibility index (Phi) is 7.43. The van der Waals surface area contributed by atoms with Gasteiger partial charge < -0.3 is 20.1 Å². The van der Waals surface area contributed by atoms with Crippen LogP contribution in [0.3, 0.4) is 0 Å². The molecule has 0 fully saturated rings. The normalized spacial score (nSPS) is 10.3. The van der Waals surface area contributed by atoms with Gasteiger partial charge in [-0.05, 0) is 28.8 Å². The standard InChI is InChI=1S/C29H26N2O4/c1-34-26-19-25(31-29(33)23-11-7-4-8-12-23)27(35-2)18-24(26)30-28(32)17-20-13-15-22(16-14-20)21-9-5-3-6-10-21/h3-16,18-19H,17H2,1-2H3,(H,30,32)(H,31,33). The van der Waals surface area contributed by atoms with Gasteiger partial charge in [-0.1, -0.05) is 72.8 Å². The van der Waals surface area contributed by atoms with Gasteiger partial charge in [0.05, 0.1) is 32.0 Å². The predicted octanol–water partition coefficient (Wildman–Crippen LogP) is 5.80. The lowest BCUT2D eigenvalue weighted by atomic mass is 10.0. The van der Waals surface area contributed by atoms with Crippen molar-refractivity contribution in [2.45, 2.75) is 6.42 Å². The average Bonchev–Trinajstić information content (AvgIpc) is 2.90. The summed E-state index contributed by atoms with van der Waals surface area (Å²) in [4.78, 5) is 25.4. The maximum atomic E-state index is 12.8. The summed E-state index contributed by atoms with van der Waals surface area (Å²) in [6.07, 6.45) is 0.201. The molecule has 0 unspecified atom stereocenters. The summed E-state index contributed by atoms with van der Waals surface area (Å²) in [7, 11) is 3.00. The number of amides is 2. The molecule has 4 aromatic rings. The fourth-order valence-corrected chi connectivity index (χ4v) is 3.70. The van der Waals surface area contributed by atoms with Crippen LogP contribution in [-0.4, -0.2) is 26.0 Å². The molecule has 4 aromatic carbocycles. The van der Waals surface area contributed by atoms with Gasteiger partial charge >= 0.3 is 0 Å². The van der Waals surface area contributed by atoms with E-state index in [1.807, 2.05) is 60.7 Å². The number of carbonyl (C=O) groups is 2. The zero-order valence-corrected chi connectivity index (χ0v) is 19.6. The summed E-state index contributed by atoms with van der Waals surface area (Å²) < 4.78 is 10.9. The van der Waals surface area contributed by atoms with Crippen molar-refractivity contribution in [3.05, 3.63) is 108 Å². The number of benzene rings is 4. The zero-order valence-electron chi connectivity index (χ0n) is 19.6. The van der Waals surface area contributed by atoms with Crippen molar-refractivity contribution in [3.63, 3.8) is 0 Å². The summed E-state index contributed by atoms with van der Waals surface area (Å²) >= 11 is 0. The van der Waals surface area contributed by atoms with Crippen LogP contribution in [0.5, 0.6) is 11.5 Å². The highest BCUT2D eigenvalue weighted by Gasteiger charge is 2.16. The molecule has 35 heavy (non-hydrogen) atoms. The summed E-state index contributed by atoms with van der Waals surface area (Å²) in [6, 6.07) is 30.1. The highest BCUT2D eigenvalue weighted by Crippen LogP contribution is 2.36. The van der Waals surface area contributed by atoms with E-state index >= 15 is 0 Å². The lowest BCUT2D eigenvalue weighted by Crippen LogP contribution is -2.16.